The van der Waals surface area contributed by atoms with Crippen LogP contribution in [-0.4, -0.2) is 25.7 Å². The van der Waals surface area contributed by atoms with Crippen molar-refractivity contribution in [3.05, 3.63) is 0 Å². The Morgan fingerprint density at radius 2 is 1.76 bits per heavy atom. The Hall–Kier alpha value is -0.280. The Labute approximate surface area is 110 Å². The summed E-state index contributed by atoms with van der Waals surface area (Å²) in [5, 5.41) is 3.34. The average Bonchev–Trinajstić information content (AvgIpc) is 2.39. The molecule has 1 aliphatic heterocycles. The van der Waals surface area contributed by atoms with Gasteiger partial charge in [-0.1, -0.05) is 32.1 Å². The molecule has 0 aromatic rings. The number of esters is 1. The SMILES string of the molecule is COC(=O)C1CCC(C2CCCCC2)CN1.Cl. The van der Waals surface area contributed by atoms with Gasteiger partial charge in [-0.15, -0.1) is 12.4 Å². The van der Waals surface area contributed by atoms with Gasteiger partial charge in [0.1, 0.15) is 6.04 Å². The van der Waals surface area contributed by atoms with Gasteiger partial charge in [-0.2, -0.15) is 0 Å². The Bertz CT molecular complexity index is 234. The van der Waals surface area contributed by atoms with Crippen molar-refractivity contribution in [2.24, 2.45) is 11.8 Å². The van der Waals surface area contributed by atoms with Crippen molar-refractivity contribution in [2.75, 3.05) is 13.7 Å². The highest BCUT2D eigenvalue weighted by molar-refractivity contribution is 5.85. The van der Waals surface area contributed by atoms with E-state index in [4.69, 9.17) is 4.74 Å². The van der Waals surface area contributed by atoms with Crippen molar-refractivity contribution in [3.8, 4) is 0 Å². The number of carbonyl (C=O) groups is 1. The molecule has 0 amide bonds. The van der Waals surface area contributed by atoms with E-state index in [1.807, 2.05) is 0 Å². The fourth-order valence-electron chi connectivity index (χ4n) is 3.23. The van der Waals surface area contributed by atoms with Crippen molar-refractivity contribution in [3.63, 3.8) is 0 Å². The van der Waals surface area contributed by atoms with Gasteiger partial charge in [0.25, 0.3) is 0 Å². The van der Waals surface area contributed by atoms with Crippen LogP contribution in [0.25, 0.3) is 0 Å². The van der Waals surface area contributed by atoms with E-state index in [0.717, 1.165) is 24.8 Å². The molecule has 2 aliphatic rings. The summed E-state index contributed by atoms with van der Waals surface area (Å²) >= 11 is 0. The second kappa shape index (κ2) is 7.22. The molecule has 2 unspecified atom stereocenters. The van der Waals surface area contributed by atoms with Crippen LogP contribution in [0.4, 0.5) is 0 Å². The fourth-order valence-corrected chi connectivity index (χ4v) is 3.23. The van der Waals surface area contributed by atoms with Gasteiger partial charge in [0.15, 0.2) is 0 Å². The number of methoxy groups -OCH3 is 1. The molecule has 0 aromatic heterocycles. The largest absolute Gasteiger partial charge is 0.468 e. The molecule has 1 saturated heterocycles. The van der Waals surface area contributed by atoms with E-state index in [1.54, 1.807) is 0 Å². The molecular formula is C13H24ClNO2. The lowest BCUT2D eigenvalue weighted by Gasteiger charge is -2.35. The summed E-state index contributed by atoms with van der Waals surface area (Å²) in [5.41, 5.74) is 0. The number of hydrogen-bond acceptors (Lipinski definition) is 3. The van der Waals surface area contributed by atoms with Crippen molar-refractivity contribution in [1.82, 2.24) is 5.32 Å². The van der Waals surface area contributed by atoms with Crippen LogP contribution in [0.3, 0.4) is 0 Å². The first-order valence-electron chi connectivity index (χ1n) is 6.62. The summed E-state index contributed by atoms with van der Waals surface area (Å²) < 4.78 is 4.77. The molecule has 2 atom stereocenters. The first-order chi connectivity index (χ1) is 7.81. The zero-order valence-corrected chi connectivity index (χ0v) is 11.4. The van der Waals surface area contributed by atoms with Gasteiger partial charge >= 0.3 is 5.97 Å². The normalized spacial score (nSPS) is 30.4. The summed E-state index contributed by atoms with van der Waals surface area (Å²) in [7, 11) is 1.47. The Kier molecular flexibility index (Phi) is 6.28. The highest BCUT2D eigenvalue weighted by Crippen LogP contribution is 2.33. The molecule has 1 N–H and O–H groups in total. The van der Waals surface area contributed by atoms with Crippen molar-refractivity contribution in [2.45, 2.75) is 51.0 Å². The number of piperidine rings is 1. The molecule has 1 heterocycles. The van der Waals surface area contributed by atoms with Crippen LogP contribution >= 0.6 is 12.4 Å². The first-order valence-corrected chi connectivity index (χ1v) is 6.62. The van der Waals surface area contributed by atoms with Gasteiger partial charge in [0.2, 0.25) is 0 Å². The second-order valence-corrected chi connectivity index (χ2v) is 5.22. The zero-order valence-electron chi connectivity index (χ0n) is 10.6. The molecule has 2 fully saturated rings. The molecule has 17 heavy (non-hydrogen) atoms. The number of halogens is 1. The number of nitrogens with one attached hydrogen (secondary N) is 1. The summed E-state index contributed by atoms with van der Waals surface area (Å²) in [6, 6.07) is -0.0511. The molecule has 4 heteroatoms. The minimum absolute atomic E-state index is 0. The van der Waals surface area contributed by atoms with Gasteiger partial charge in [-0.25, -0.2) is 0 Å². The lowest BCUT2D eigenvalue weighted by atomic mass is 9.76. The zero-order chi connectivity index (χ0) is 11.4. The van der Waals surface area contributed by atoms with Crippen molar-refractivity contribution < 1.29 is 9.53 Å². The van der Waals surface area contributed by atoms with Crippen LogP contribution in [0.2, 0.25) is 0 Å². The summed E-state index contributed by atoms with van der Waals surface area (Å²) in [6.07, 6.45) is 9.17. The monoisotopic (exact) mass is 261 g/mol. The predicted molar refractivity (Wildman–Crippen MR) is 70.4 cm³/mol. The van der Waals surface area contributed by atoms with Crippen LogP contribution in [0, 0.1) is 11.8 Å². The van der Waals surface area contributed by atoms with E-state index >= 15 is 0 Å². The molecule has 0 aromatic carbocycles. The standard InChI is InChI=1S/C13H23NO2.ClH/c1-16-13(15)12-8-7-11(9-14-12)10-5-3-2-4-6-10;/h10-12,14H,2-9H2,1H3;1H. The van der Waals surface area contributed by atoms with Gasteiger partial charge in [0.05, 0.1) is 7.11 Å². The van der Waals surface area contributed by atoms with Crippen LogP contribution in [0.1, 0.15) is 44.9 Å². The smallest absolute Gasteiger partial charge is 0.322 e. The highest BCUT2D eigenvalue weighted by Gasteiger charge is 2.31. The number of rotatable bonds is 2. The summed E-state index contributed by atoms with van der Waals surface area (Å²) in [6.45, 7) is 1.00. The first kappa shape index (κ1) is 14.8. The number of carbonyl (C=O) groups excluding carboxylic acids is 1. The molecule has 1 saturated carbocycles. The van der Waals surface area contributed by atoms with E-state index in [0.29, 0.717) is 0 Å². The third-order valence-corrected chi connectivity index (χ3v) is 4.25. The number of ether oxygens (including phenoxy) is 1. The number of hydrogen-bond donors (Lipinski definition) is 1. The highest BCUT2D eigenvalue weighted by atomic mass is 35.5. The fraction of sp³-hybridized carbons (Fsp3) is 0.923. The third-order valence-electron chi connectivity index (χ3n) is 4.25. The molecular weight excluding hydrogens is 238 g/mol. The Balaban J connectivity index is 0.00000144. The Morgan fingerprint density at radius 3 is 2.29 bits per heavy atom. The quantitative estimate of drug-likeness (QED) is 0.777. The second-order valence-electron chi connectivity index (χ2n) is 5.22. The molecule has 100 valence electrons. The maximum atomic E-state index is 11.4. The average molecular weight is 262 g/mol. The van der Waals surface area contributed by atoms with E-state index in [9.17, 15) is 4.79 Å². The van der Waals surface area contributed by atoms with E-state index in [1.165, 1.54) is 45.6 Å². The molecule has 2 rings (SSSR count). The van der Waals surface area contributed by atoms with Crippen molar-refractivity contribution in [1.29, 1.82) is 0 Å². The van der Waals surface area contributed by atoms with E-state index in [-0.39, 0.29) is 24.4 Å². The van der Waals surface area contributed by atoms with Gasteiger partial charge in [-0.3, -0.25) is 4.79 Å². The van der Waals surface area contributed by atoms with Crippen molar-refractivity contribution >= 4 is 18.4 Å². The van der Waals surface area contributed by atoms with E-state index < -0.39 is 0 Å². The maximum absolute atomic E-state index is 11.4. The van der Waals surface area contributed by atoms with Crippen LogP contribution in [0.15, 0.2) is 0 Å². The lowest BCUT2D eigenvalue weighted by molar-refractivity contribution is -0.144. The van der Waals surface area contributed by atoms with Gasteiger partial charge < -0.3 is 10.1 Å². The van der Waals surface area contributed by atoms with E-state index in [2.05, 4.69) is 5.32 Å². The Morgan fingerprint density at radius 1 is 1.06 bits per heavy atom. The topological polar surface area (TPSA) is 38.3 Å². The molecule has 0 bridgehead atoms. The molecule has 3 nitrogen and oxygen atoms in total. The van der Waals surface area contributed by atoms with Gasteiger partial charge in [-0.05, 0) is 31.2 Å². The summed E-state index contributed by atoms with van der Waals surface area (Å²) in [5.74, 6) is 1.60. The minimum Gasteiger partial charge on any atom is -0.468 e. The molecule has 0 radical (unpaired) electrons. The summed E-state index contributed by atoms with van der Waals surface area (Å²) in [4.78, 5) is 11.4. The predicted octanol–water partition coefficient (Wildman–Crippen LogP) is 2.53. The van der Waals surface area contributed by atoms with Crippen LogP contribution < -0.4 is 5.32 Å². The van der Waals surface area contributed by atoms with Crippen LogP contribution in [0.5, 0.6) is 0 Å². The maximum Gasteiger partial charge on any atom is 0.322 e. The molecule has 1 aliphatic carbocycles. The molecule has 0 spiro atoms. The van der Waals surface area contributed by atoms with Crippen LogP contribution in [-0.2, 0) is 9.53 Å². The third kappa shape index (κ3) is 3.85. The van der Waals surface area contributed by atoms with Gasteiger partial charge in [0, 0.05) is 0 Å². The minimum atomic E-state index is -0.0953. The lowest BCUT2D eigenvalue weighted by Crippen LogP contribution is -2.46.